The molecule has 0 radical (unpaired) electrons. The Balaban J connectivity index is 2.42. The van der Waals surface area contributed by atoms with Crippen molar-refractivity contribution in [1.82, 2.24) is 9.97 Å². The fourth-order valence-corrected chi connectivity index (χ4v) is 6.15. The molecule has 3 N–H and O–H groups in total. The molecule has 7 nitrogen and oxygen atoms in total. The van der Waals surface area contributed by atoms with Gasteiger partial charge in [-0.1, -0.05) is 23.5 Å². The minimum absolute atomic E-state index is 0.276. The number of nitriles is 1. The summed E-state index contributed by atoms with van der Waals surface area (Å²) in [7, 11) is -6.81. The molecule has 0 saturated carbocycles. The summed E-state index contributed by atoms with van der Waals surface area (Å²) in [4.78, 5) is 7.21. The molecule has 0 saturated heterocycles. The lowest BCUT2D eigenvalue weighted by atomic mass is 10.0. The van der Waals surface area contributed by atoms with Crippen LogP contribution >= 0.6 is 18.5 Å². The Morgan fingerprint density at radius 2 is 2.04 bits per heavy atom. The summed E-state index contributed by atoms with van der Waals surface area (Å²) in [6.07, 6.45) is 1.59. The van der Waals surface area contributed by atoms with Crippen LogP contribution in [-0.4, -0.2) is 31.7 Å². The third kappa shape index (κ3) is 3.02. The summed E-state index contributed by atoms with van der Waals surface area (Å²) >= 11 is 0.827. The molecule has 3 aromatic rings. The van der Waals surface area contributed by atoms with Gasteiger partial charge in [0.25, 0.3) is 10.0 Å². The number of aromatic amines is 1. The molecule has 0 fully saturated rings. The van der Waals surface area contributed by atoms with E-state index in [-0.39, 0.29) is 4.34 Å². The molecular formula is C15H15N4O3PS2. The maximum Gasteiger partial charge on any atom is 0.265 e. The average molecular weight is 394 g/mol. The molecule has 3 rings (SSSR count). The van der Waals surface area contributed by atoms with E-state index in [1.165, 1.54) is 0 Å². The van der Waals surface area contributed by atoms with Crippen LogP contribution in [0.4, 0.5) is 0 Å². The zero-order valence-electron chi connectivity index (χ0n) is 13.7. The topological polar surface area (TPSA) is 130 Å². The first-order chi connectivity index (χ1) is 11.5. The van der Waals surface area contributed by atoms with Crippen molar-refractivity contribution in [1.29, 1.82) is 5.26 Å². The van der Waals surface area contributed by atoms with Crippen LogP contribution in [0.5, 0.6) is 0 Å². The van der Waals surface area contributed by atoms with Crippen molar-refractivity contribution in [2.24, 2.45) is 5.14 Å². The molecule has 10 heteroatoms. The third-order valence-corrected chi connectivity index (χ3v) is 8.70. The van der Waals surface area contributed by atoms with Gasteiger partial charge in [-0.3, -0.25) is 0 Å². The second kappa shape index (κ2) is 5.78. The predicted octanol–water partition coefficient (Wildman–Crippen LogP) is 2.37. The quantitative estimate of drug-likeness (QED) is 0.659. The normalized spacial score (nSPS) is 12.4. The lowest BCUT2D eigenvalue weighted by Crippen LogP contribution is -2.11. The van der Waals surface area contributed by atoms with Gasteiger partial charge in [0.2, 0.25) is 4.34 Å². The Morgan fingerprint density at radius 3 is 2.60 bits per heavy atom. The van der Waals surface area contributed by atoms with E-state index >= 15 is 0 Å². The number of sulfonamides is 1. The van der Waals surface area contributed by atoms with Gasteiger partial charge in [-0.25, -0.2) is 18.5 Å². The Kier molecular flexibility index (Phi) is 4.12. The Morgan fingerprint density at radius 1 is 1.36 bits per heavy atom. The third-order valence-electron chi connectivity index (χ3n) is 3.74. The molecule has 0 bridgehead atoms. The maximum atomic E-state index is 12.7. The van der Waals surface area contributed by atoms with Crippen LogP contribution in [-0.2, 0) is 14.6 Å². The van der Waals surface area contributed by atoms with E-state index in [0.29, 0.717) is 27.0 Å². The van der Waals surface area contributed by atoms with Crippen molar-refractivity contribution >= 4 is 44.0 Å². The second-order valence-electron chi connectivity index (χ2n) is 6.02. The standard InChI is InChI=1S/C15H15N4O3PS2/c1-8-4-5-10(12-11(8)9(6-16)7-18-12)13-14(23(2,3)20)24-15(19-13)25(17,21)22/h4-5,7,18H,1-3H3,(H2,17,21,22). The number of nitrogens with one attached hydrogen (secondary N) is 1. The van der Waals surface area contributed by atoms with Gasteiger partial charge < -0.3 is 9.55 Å². The highest BCUT2D eigenvalue weighted by atomic mass is 32.2. The maximum absolute atomic E-state index is 12.7. The lowest BCUT2D eigenvalue weighted by molar-refractivity contribution is 0.588. The number of aromatic nitrogens is 2. The van der Waals surface area contributed by atoms with Crippen molar-refractivity contribution in [3.63, 3.8) is 0 Å². The number of nitrogens with two attached hydrogens (primary N) is 1. The van der Waals surface area contributed by atoms with Crippen LogP contribution in [0.3, 0.4) is 0 Å². The van der Waals surface area contributed by atoms with Gasteiger partial charge in [0.15, 0.2) is 0 Å². The van der Waals surface area contributed by atoms with E-state index < -0.39 is 17.2 Å². The van der Waals surface area contributed by atoms with Gasteiger partial charge in [0, 0.05) is 17.1 Å². The zero-order chi connectivity index (χ0) is 18.6. The molecular weight excluding hydrogens is 379 g/mol. The van der Waals surface area contributed by atoms with Crippen LogP contribution in [0, 0.1) is 18.3 Å². The van der Waals surface area contributed by atoms with Gasteiger partial charge in [0.05, 0.1) is 21.4 Å². The first kappa shape index (κ1) is 17.8. The van der Waals surface area contributed by atoms with Crippen molar-refractivity contribution in [3.05, 3.63) is 29.5 Å². The number of H-pyrrole nitrogens is 1. The van der Waals surface area contributed by atoms with Crippen LogP contribution in [0.15, 0.2) is 22.7 Å². The predicted molar refractivity (Wildman–Crippen MR) is 99.3 cm³/mol. The second-order valence-corrected chi connectivity index (χ2v) is 12.2. The zero-order valence-corrected chi connectivity index (χ0v) is 16.2. The highest BCUT2D eigenvalue weighted by molar-refractivity contribution is 7.92. The van der Waals surface area contributed by atoms with Crippen LogP contribution in [0.2, 0.25) is 0 Å². The first-order valence-corrected chi connectivity index (χ1v) is 12.1. The number of hydrogen-bond donors (Lipinski definition) is 2. The van der Waals surface area contributed by atoms with E-state index in [1.54, 1.807) is 25.6 Å². The molecule has 2 aromatic heterocycles. The van der Waals surface area contributed by atoms with E-state index in [4.69, 9.17) is 5.14 Å². The lowest BCUT2D eigenvalue weighted by Gasteiger charge is -2.08. The van der Waals surface area contributed by atoms with Crippen LogP contribution in [0.25, 0.3) is 22.2 Å². The monoisotopic (exact) mass is 394 g/mol. The highest BCUT2D eigenvalue weighted by Crippen LogP contribution is 2.43. The van der Waals surface area contributed by atoms with Gasteiger partial charge in [-0.2, -0.15) is 5.26 Å². The molecule has 0 aliphatic heterocycles. The molecule has 0 unspecified atom stereocenters. The number of aryl methyl sites for hydroxylation is 1. The number of thiazole rings is 1. The van der Waals surface area contributed by atoms with E-state index in [1.807, 2.05) is 13.0 Å². The number of rotatable bonds is 3. The van der Waals surface area contributed by atoms with Gasteiger partial charge in [-0.15, -0.1) is 0 Å². The fraction of sp³-hybridized carbons (Fsp3) is 0.200. The van der Waals surface area contributed by atoms with Crippen molar-refractivity contribution in [2.75, 3.05) is 13.3 Å². The van der Waals surface area contributed by atoms with Gasteiger partial charge in [-0.05, 0) is 25.8 Å². The molecule has 130 valence electrons. The smallest absolute Gasteiger partial charge is 0.265 e. The van der Waals surface area contributed by atoms with E-state index in [2.05, 4.69) is 16.0 Å². The number of hydrogen-bond acceptors (Lipinski definition) is 6. The Hall–Kier alpha value is -1.98. The fourth-order valence-electron chi connectivity index (χ4n) is 2.66. The van der Waals surface area contributed by atoms with Gasteiger partial charge >= 0.3 is 0 Å². The van der Waals surface area contributed by atoms with Crippen molar-refractivity contribution < 1.29 is 13.0 Å². The van der Waals surface area contributed by atoms with E-state index in [0.717, 1.165) is 22.3 Å². The summed E-state index contributed by atoms with van der Waals surface area (Å²) in [5, 5.41) is 15.2. The molecule has 0 aliphatic rings. The molecule has 0 atom stereocenters. The molecule has 2 heterocycles. The molecule has 0 amide bonds. The van der Waals surface area contributed by atoms with E-state index in [9.17, 15) is 18.2 Å². The molecule has 1 aromatic carbocycles. The molecule has 0 aliphatic carbocycles. The van der Waals surface area contributed by atoms with Crippen LogP contribution < -0.4 is 9.76 Å². The minimum atomic E-state index is -4.01. The van der Waals surface area contributed by atoms with Crippen molar-refractivity contribution in [3.8, 4) is 17.3 Å². The first-order valence-electron chi connectivity index (χ1n) is 7.14. The van der Waals surface area contributed by atoms with Crippen molar-refractivity contribution in [2.45, 2.75) is 11.3 Å². The van der Waals surface area contributed by atoms with Gasteiger partial charge in [0.1, 0.15) is 13.2 Å². The average Bonchev–Trinajstić information content (AvgIpc) is 3.11. The summed E-state index contributed by atoms with van der Waals surface area (Å²) in [5.74, 6) is 0. The summed E-state index contributed by atoms with van der Waals surface area (Å²) in [5.41, 5.74) is 2.94. The number of benzene rings is 1. The number of nitrogens with zero attached hydrogens (tertiary/aromatic N) is 2. The Labute approximate surface area is 148 Å². The summed E-state index contributed by atoms with van der Waals surface area (Å²) < 4.78 is 36.2. The summed E-state index contributed by atoms with van der Waals surface area (Å²) in [6, 6.07) is 5.72. The Bertz CT molecular complexity index is 1200. The van der Waals surface area contributed by atoms with Crippen LogP contribution in [0.1, 0.15) is 11.1 Å². The number of fused-ring (bicyclic) bond motifs is 1. The molecule has 0 spiro atoms. The summed E-state index contributed by atoms with van der Waals surface area (Å²) in [6.45, 7) is 4.98. The highest BCUT2D eigenvalue weighted by Gasteiger charge is 2.28. The largest absolute Gasteiger partial charge is 0.359 e. The number of primary sulfonamides is 1. The minimum Gasteiger partial charge on any atom is -0.359 e. The molecule has 25 heavy (non-hydrogen) atoms. The SMILES string of the molecule is Cc1ccc(-c2nc(S(N)(=O)=O)sc2P(C)(C)=O)c2[nH]cc(C#N)c12.